The molecule has 24 heavy (non-hydrogen) atoms. The van der Waals surface area contributed by atoms with E-state index in [0.717, 1.165) is 35.7 Å². The first-order valence-corrected chi connectivity index (χ1v) is 9.15. The first-order chi connectivity index (χ1) is 11.3. The lowest BCUT2D eigenvalue weighted by Gasteiger charge is -2.44. The van der Waals surface area contributed by atoms with Gasteiger partial charge in [0.05, 0.1) is 19.6 Å². The number of fused-ring (bicyclic) bond motifs is 1. The number of aromatic nitrogens is 1. The number of phenolic OH excluding ortho intramolecular Hbond substituents is 1. The Balaban J connectivity index is 2.08. The molecule has 0 amide bonds. The Bertz CT molecular complexity index is 634. The Morgan fingerprint density at radius 2 is 1.67 bits per heavy atom. The van der Waals surface area contributed by atoms with Crippen LogP contribution in [0.4, 0.5) is 0 Å². The van der Waals surface area contributed by atoms with Crippen LogP contribution in [0, 0.1) is 17.0 Å². The number of H-pyrrole nitrogens is 1. The zero-order chi connectivity index (χ0) is 17.7. The van der Waals surface area contributed by atoms with Gasteiger partial charge in [-0.1, -0.05) is 27.7 Å². The molecule has 0 aliphatic heterocycles. The van der Waals surface area contributed by atoms with Crippen molar-refractivity contribution in [1.82, 2.24) is 4.98 Å². The van der Waals surface area contributed by atoms with Crippen LogP contribution in [0.2, 0.25) is 0 Å². The van der Waals surface area contributed by atoms with Crippen molar-refractivity contribution < 1.29 is 9.75 Å². The average Bonchev–Trinajstić information content (AvgIpc) is 2.91. The van der Waals surface area contributed by atoms with Crippen molar-refractivity contribution in [3.8, 4) is 5.75 Å². The summed E-state index contributed by atoms with van der Waals surface area (Å²) in [6.07, 6.45) is 4.65. The van der Waals surface area contributed by atoms with Crippen LogP contribution in [0.25, 0.3) is 10.9 Å². The molecule has 0 unspecified atom stereocenters. The second-order valence-corrected chi connectivity index (χ2v) is 7.89. The summed E-state index contributed by atoms with van der Waals surface area (Å²) in [6.45, 7) is 10.7. The van der Waals surface area contributed by atoms with E-state index in [1.54, 1.807) is 12.1 Å². The first kappa shape index (κ1) is 18.8. The summed E-state index contributed by atoms with van der Waals surface area (Å²) < 4.78 is -0.109. The molecule has 2 aromatic rings. The molecule has 0 fully saturated rings. The first-order valence-electron chi connectivity index (χ1n) is 9.15. The van der Waals surface area contributed by atoms with Gasteiger partial charge in [0.25, 0.3) is 0 Å². The van der Waals surface area contributed by atoms with E-state index in [1.165, 1.54) is 0 Å². The van der Waals surface area contributed by atoms with Crippen LogP contribution in [-0.4, -0.2) is 34.4 Å². The van der Waals surface area contributed by atoms with Crippen LogP contribution >= 0.6 is 0 Å². The number of benzene rings is 1. The second kappa shape index (κ2) is 8.04. The molecule has 2 N–H and O–H groups in total. The van der Waals surface area contributed by atoms with Gasteiger partial charge in [0.1, 0.15) is 5.75 Å². The van der Waals surface area contributed by atoms with E-state index in [1.807, 2.05) is 12.3 Å². The van der Waals surface area contributed by atoms with E-state index < -0.39 is 0 Å². The van der Waals surface area contributed by atoms with Gasteiger partial charge in [0, 0.05) is 23.5 Å². The van der Waals surface area contributed by atoms with Crippen LogP contribution in [0.5, 0.6) is 5.75 Å². The lowest BCUT2D eigenvalue weighted by atomic mass is 10.1. The van der Waals surface area contributed by atoms with E-state index in [0.29, 0.717) is 31.5 Å². The second-order valence-electron chi connectivity index (χ2n) is 7.89. The fourth-order valence-electron chi connectivity index (χ4n) is 3.02. The summed E-state index contributed by atoms with van der Waals surface area (Å²) in [4.78, 5) is 3.23. The van der Waals surface area contributed by atoms with E-state index >= 15 is 0 Å². The fraction of sp³-hybridized carbons (Fsp3) is 0.600. The van der Waals surface area contributed by atoms with Crippen molar-refractivity contribution >= 4 is 10.9 Å². The third-order valence-electron chi connectivity index (χ3n) is 4.77. The molecule has 0 spiro atoms. The molecule has 0 aliphatic rings. The Kier molecular flexibility index (Phi) is 6.30. The highest BCUT2D eigenvalue weighted by atomic mass is 16.5. The number of nitrogens with zero attached hydrogens (tertiary/aromatic N) is 1. The molecule has 134 valence electrons. The van der Waals surface area contributed by atoms with Crippen LogP contribution in [0.3, 0.4) is 0 Å². The third kappa shape index (κ3) is 5.25. The van der Waals surface area contributed by atoms with Gasteiger partial charge < -0.3 is 19.9 Å². The number of phenols is 1. The minimum absolute atomic E-state index is 0.109. The van der Waals surface area contributed by atoms with Gasteiger partial charge in [-0.2, -0.15) is 0 Å². The summed E-state index contributed by atoms with van der Waals surface area (Å²) in [5, 5.41) is 24.0. The van der Waals surface area contributed by atoms with Crippen LogP contribution in [0.15, 0.2) is 24.4 Å². The van der Waals surface area contributed by atoms with Crippen LogP contribution < -0.4 is 0 Å². The molecule has 2 rings (SSSR count). The summed E-state index contributed by atoms with van der Waals surface area (Å²) >= 11 is 0. The molecule has 0 bridgehead atoms. The minimum Gasteiger partial charge on any atom is -0.633 e. The van der Waals surface area contributed by atoms with Gasteiger partial charge >= 0.3 is 0 Å². The molecule has 4 heteroatoms. The maximum Gasteiger partial charge on any atom is 0.116 e. The van der Waals surface area contributed by atoms with Crippen molar-refractivity contribution in [1.29, 1.82) is 0 Å². The maximum absolute atomic E-state index is 13.3. The number of rotatable bonds is 9. The third-order valence-corrected chi connectivity index (χ3v) is 4.77. The topological polar surface area (TPSA) is 59.1 Å². The highest BCUT2D eigenvalue weighted by molar-refractivity contribution is 5.84. The fourth-order valence-corrected chi connectivity index (χ4v) is 3.02. The lowest BCUT2D eigenvalue weighted by Crippen LogP contribution is -2.46. The molecule has 1 heterocycles. The van der Waals surface area contributed by atoms with Crippen LogP contribution in [-0.2, 0) is 6.42 Å². The number of hydrogen-bond acceptors (Lipinski definition) is 2. The van der Waals surface area contributed by atoms with E-state index in [2.05, 4.69) is 32.7 Å². The summed E-state index contributed by atoms with van der Waals surface area (Å²) in [6, 6.07) is 5.34. The Labute approximate surface area is 145 Å². The van der Waals surface area contributed by atoms with Gasteiger partial charge in [0.2, 0.25) is 0 Å². The number of aromatic hydroxyl groups is 1. The van der Waals surface area contributed by atoms with E-state index in [4.69, 9.17) is 0 Å². The largest absolute Gasteiger partial charge is 0.633 e. The highest BCUT2D eigenvalue weighted by Gasteiger charge is 2.19. The molecule has 4 nitrogen and oxygen atoms in total. The molecule has 0 saturated heterocycles. The van der Waals surface area contributed by atoms with Gasteiger partial charge in [-0.3, -0.25) is 0 Å². The number of aromatic amines is 1. The minimum atomic E-state index is -0.109. The van der Waals surface area contributed by atoms with Crippen LogP contribution in [0.1, 0.15) is 46.1 Å². The SMILES string of the molecule is CC(C)CC[N+]([O-])(CCc1c[nH]c2ccc(O)cc12)CCC(C)C. The average molecular weight is 332 g/mol. The Morgan fingerprint density at radius 1 is 1.04 bits per heavy atom. The summed E-state index contributed by atoms with van der Waals surface area (Å²) in [7, 11) is 0. The Hall–Kier alpha value is -1.52. The standard InChI is InChI=1S/C20H32N2O2/c1-15(2)7-10-22(24,11-8-16(3)4)12-9-17-14-21-20-6-5-18(23)13-19(17)20/h5-6,13-16,21,23H,7-12H2,1-4H3. The molecule has 1 aromatic heterocycles. The number of nitrogens with one attached hydrogen (secondary N) is 1. The molecule has 0 atom stereocenters. The van der Waals surface area contributed by atoms with E-state index in [9.17, 15) is 10.3 Å². The molecular formula is C20H32N2O2. The molecule has 0 radical (unpaired) electrons. The van der Waals surface area contributed by atoms with Gasteiger partial charge in [-0.25, -0.2) is 0 Å². The molecule has 0 saturated carbocycles. The highest BCUT2D eigenvalue weighted by Crippen LogP contribution is 2.24. The quantitative estimate of drug-likeness (QED) is 0.511. The zero-order valence-corrected chi connectivity index (χ0v) is 15.5. The number of quaternary nitrogens is 1. The predicted octanol–water partition coefficient (Wildman–Crippen LogP) is 4.82. The smallest absolute Gasteiger partial charge is 0.116 e. The predicted molar refractivity (Wildman–Crippen MR) is 101 cm³/mol. The van der Waals surface area contributed by atoms with Crippen molar-refractivity contribution in [2.24, 2.45) is 11.8 Å². The van der Waals surface area contributed by atoms with Gasteiger partial charge in [-0.05, 0) is 48.4 Å². The zero-order valence-electron chi connectivity index (χ0n) is 15.5. The van der Waals surface area contributed by atoms with Crippen molar-refractivity contribution in [2.75, 3.05) is 19.6 Å². The van der Waals surface area contributed by atoms with Crippen molar-refractivity contribution in [3.63, 3.8) is 0 Å². The Morgan fingerprint density at radius 3 is 2.25 bits per heavy atom. The summed E-state index contributed by atoms with van der Waals surface area (Å²) in [5.41, 5.74) is 2.13. The number of hydroxylamine groups is 3. The molecule has 1 aromatic carbocycles. The van der Waals surface area contributed by atoms with Crippen molar-refractivity contribution in [3.05, 3.63) is 35.2 Å². The maximum atomic E-state index is 13.3. The lowest BCUT2D eigenvalue weighted by molar-refractivity contribution is -0.881. The van der Waals surface area contributed by atoms with Gasteiger partial charge in [-0.15, -0.1) is 0 Å². The van der Waals surface area contributed by atoms with E-state index in [-0.39, 0.29) is 10.4 Å². The normalized spacial score (nSPS) is 12.6. The number of hydrogen-bond donors (Lipinski definition) is 2. The monoisotopic (exact) mass is 332 g/mol. The molecule has 0 aliphatic carbocycles. The summed E-state index contributed by atoms with van der Waals surface area (Å²) in [5.74, 6) is 1.38. The molecular weight excluding hydrogens is 300 g/mol. The van der Waals surface area contributed by atoms with Crippen molar-refractivity contribution in [2.45, 2.75) is 47.0 Å². The van der Waals surface area contributed by atoms with Gasteiger partial charge in [0.15, 0.2) is 0 Å².